The average molecular weight is 383 g/mol. The molecule has 3 rings (SSSR count). The van der Waals surface area contributed by atoms with Crippen molar-refractivity contribution >= 4 is 28.8 Å². The van der Waals surface area contributed by atoms with Crippen LogP contribution in [-0.2, 0) is 17.6 Å². The lowest BCUT2D eigenvalue weighted by molar-refractivity contribution is -0.117. The number of rotatable bonds is 6. The van der Waals surface area contributed by atoms with Gasteiger partial charge in [-0.1, -0.05) is 24.3 Å². The number of benzene rings is 2. The lowest BCUT2D eigenvalue weighted by Gasteiger charge is -2.05. The number of thiazole rings is 1. The number of hydrogen-bond acceptors (Lipinski definition) is 4. The Morgan fingerprint density at radius 2 is 1.70 bits per heavy atom. The number of amides is 2. The van der Waals surface area contributed by atoms with Crippen LogP contribution >= 0.6 is 11.3 Å². The maximum Gasteiger partial charge on any atom is 0.267 e. The summed E-state index contributed by atoms with van der Waals surface area (Å²) in [5.41, 5.74) is 8.17. The van der Waals surface area contributed by atoms with Crippen LogP contribution in [-0.4, -0.2) is 16.8 Å². The van der Waals surface area contributed by atoms with Crippen LogP contribution in [0.1, 0.15) is 31.5 Å². The minimum atomic E-state index is -0.402. The summed E-state index contributed by atoms with van der Waals surface area (Å²) in [5.74, 6) is -0.922. The van der Waals surface area contributed by atoms with Gasteiger partial charge in [-0.15, -0.1) is 11.3 Å². The van der Waals surface area contributed by atoms with Crippen LogP contribution in [0.3, 0.4) is 0 Å². The van der Waals surface area contributed by atoms with Crippen molar-refractivity contribution in [1.82, 2.24) is 4.98 Å². The van der Waals surface area contributed by atoms with Crippen molar-refractivity contribution in [3.63, 3.8) is 0 Å². The van der Waals surface area contributed by atoms with Gasteiger partial charge in [-0.3, -0.25) is 9.59 Å². The van der Waals surface area contributed by atoms with E-state index < -0.39 is 5.91 Å². The SMILES string of the molecule is Cc1nc(Cc2ccc(F)cc2)sc1C(=O)Nc1ccc(CC(N)=O)cc1. The van der Waals surface area contributed by atoms with Gasteiger partial charge in [0.15, 0.2) is 0 Å². The Morgan fingerprint density at radius 3 is 2.33 bits per heavy atom. The van der Waals surface area contributed by atoms with Gasteiger partial charge in [-0.05, 0) is 42.3 Å². The van der Waals surface area contributed by atoms with Crippen molar-refractivity contribution in [1.29, 1.82) is 0 Å². The lowest BCUT2D eigenvalue weighted by Crippen LogP contribution is -2.14. The van der Waals surface area contributed by atoms with Gasteiger partial charge in [0, 0.05) is 12.1 Å². The molecule has 3 aromatic rings. The van der Waals surface area contributed by atoms with Crippen LogP contribution in [0.25, 0.3) is 0 Å². The van der Waals surface area contributed by atoms with E-state index in [1.54, 1.807) is 43.3 Å². The molecule has 0 spiro atoms. The predicted octanol–water partition coefficient (Wildman–Crippen LogP) is 3.46. The smallest absolute Gasteiger partial charge is 0.267 e. The Kier molecular flexibility index (Phi) is 5.61. The third-order valence-electron chi connectivity index (χ3n) is 3.91. The number of primary amides is 1. The molecule has 0 saturated heterocycles. The number of halogens is 1. The molecule has 1 aromatic heterocycles. The van der Waals surface area contributed by atoms with Gasteiger partial charge in [0.1, 0.15) is 10.7 Å². The zero-order valence-electron chi connectivity index (χ0n) is 14.7. The van der Waals surface area contributed by atoms with Crippen LogP contribution in [0.4, 0.5) is 10.1 Å². The first-order chi connectivity index (χ1) is 12.9. The third-order valence-corrected chi connectivity index (χ3v) is 5.06. The third kappa shape index (κ3) is 4.98. The molecule has 0 fully saturated rings. The van der Waals surface area contributed by atoms with Crippen LogP contribution in [0.2, 0.25) is 0 Å². The normalized spacial score (nSPS) is 10.6. The Bertz CT molecular complexity index is 966. The zero-order valence-corrected chi connectivity index (χ0v) is 15.5. The van der Waals surface area contributed by atoms with Gasteiger partial charge in [-0.2, -0.15) is 0 Å². The molecule has 138 valence electrons. The molecule has 1 heterocycles. The van der Waals surface area contributed by atoms with Crippen LogP contribution in [0, 0.1) is 12.7 Å². The first-order valence-electron chi connectivity index (χ1n) is 8.30. The molecule has 0 aliphatic carbocycles. The summed E-state index contributed by atoms with van der Waals surface area (Å²) in [6.07, 6.45) is 0.704. The summed E-state index contributed by atoms with van der Waals surface area (Å²) >= 11 is 1.32. The minimum Gasteiger partial charge on any atom is -0.369 e. The van der Waals surface area contributed by atoms with E-state index in [0.717, 1.165) is 16.1 Å². The van der Waals surface area contributed by atoms with Crippen molar-refractivity contribution in [2.75, 3.05) is 5.32 Å². The van der Waals surface area contributed by atoms with E-state index in [1.165, 1.54) is 23.5 Å². The largest absolute Gasteiger partial charge is 0.369 e. The Labute approximate surface area is 160 Å². The molecular weight excluding hydrogens is 365 g/mol. The van der Waals surface area contributed by atoms with E-state index in [4.69, 9.17) is 5.73 Å². The number of anilines is 1. The number of nitrogens with zero attached hydrogens (tertiary/aromatic N) is 1. The highest BCUT2D eigenvalue weighted by atomic mass is 32.1. The van der Waals surface area contributed by atoms with E-state index in [1.807, 2.05) is 0 Å². The van der Waals surface area contributed by atoms with Crippen molar-refractivity contribution in [3.05, 3.63) is 81.1 Å². The predicted molar refractivity (Wildman–Crippen MR) is 103 cm³/mol. The zero-order chi connectivity index (χ0) is 19.4. The monoisotopic (exact) mass is 383 g/mol. The first-order valence-corrected chi connectivity index (χ1v) is 9.11. The number of aryl methyl sites for hydroxylation is 1. The van der Waals surface area contributed by atoms with E-state index in [9.17, 15) is 14.0 Å². The first kappa shape index (κ1) is 18.7. The van der Waals surface area contributed by atoms with E-state index in [2.05, 4.69) is 10.3 Å². The Morgan fingerprint density at radius 1 is 1.07 bits per heavy atom. The second-order valence-electron chi connectivity index (χ2n) is 6.12. The van der Waals surface area contributed by atoms with Gasteiger partial charge < -0.3 is 11.1 Å². The summed E-state index contributed by atoms with van der Waals surface area (Å²) in [7, 11) is 0. The van der Waals surface area contributed by atoms with Gasteiger partial charge >= 0.3 is 0 Å². The van der Waals surface area contributed by atoms with Crippen LogP contribution in [0.5, 0.6) is 0 Å². The van der Waals surface area contributed by atoms with Crippen LogP contribution < -0.4 is 11.1 Å². The fraction of sp³-hybridized carbons (Fsp3) is 0.150. The molecular formula is C20H18FN3O2S. The van der Waals surface area contributed by atoms with Gasteiger partial charge in [0.05, 0.1) is 17.1 Å². The van der Waals surface area contributed by atoms with Gasteiger partial charge in [0.25, 0.3) is 5.91 Å². The molecule has 0 atom stereocenters. The standard InChI is InChI=1S/C20H18FN3O2S/c1-12-19(27-18(23-12)11-14-2-6-15(21)7-3-14)20(26)24-16-8-4-13(5-9-16)10-17(22)25/h2-9H,10-11H2,1H3,(H2,22,25)(H,24,26). The highest BCUT2D eigenvalue weighted by Crippen LogP contribution is 2.22. The molecule has 0 bridgehead atoms. The van der Waals surface area contributed by atoms with E-state index >= 15 is 0 Å². The maximum absolute atomic E-state index is 13.0. The Balaban J connectivity index is 1.68. The maximum atomic E-state index is 13.0. The number of nitrogens with one attached hydrogen (secondary N) is 1. The summed E-state index contributed by atoms with van der Waals surface area (Å²) in [6, 6.07) is 13.2. The summed E-state index contributed by atoms with van der Waals surface area (Å²) < 4.78 is 13.0. The molecule has 5 nitrogen and oxygen atoms in total. The number of aromatic nitrogens is 1. The van der Waals surface area contributed by atoms with Crippen molar-refractivity contribution in [2.45, 2.75) is 19.8 Å². The molecule has 2 amide bonds. The summed E-state index contributed by atoms with van der Waals surface area (Å²) in [4.78, 5) is 28.5. The second kappa shape index (κ2) is 8.09. The molecule has 0 unspecified atom stereocenters. The summed E-state index contributed by atoms with van der Waals surface area (Å²) in [6.45, 7) is 1.79. The van der Waals surface area contributed by atoms with Crippen molar-refractivity contribution < 1.29 is 14.0 Å². The van der Waals surface area contributed by atoms with Crippen molar-refractivity contribution in [3.8, 4) is 0 Å². The molecule has 3 N–H and O–H groups in total. The molecule has 0 aliphatic rings. The van der Waals surface area contributed by atoms with Crippen LogP contribution in [0.15, 0.2) is 48.5 Å². The molecule has 0 radical (unpaired) electrons. The summed E-state index contributed by atoms with van der Waals surface area (Å²) in [5, 5.41) is 3.62. The number of hydrogen-bond donors (Lipinski definition) is 2. The number of carbonyl (C=O) groups excluding carboxylic acids is 2. The minimum absolute atomic E-state index is 0.162. The molecule has 0 saturated carbocycles. The quantitative estimate of drug-likeness (QED) is 0.684. The molecule has 0 aliphatic heterocycles. The number of carbonyl (C=O) groups is 2. The number of nitrogens with two attached hydrogens (primary N) is 1. The van der Waals surface area contributed by atoms with Gasteiger partial charge in [0.2, 0.25) is 5.91 Å². The highest BCUT2D eigenvalue weighted by Gasteiger charge is 2.16. The fourth-order valence-electron chi connectivity index (χ4n) is 2.61. The second-order valence-corrected chi connectivity index (χ2v) is 7.20. The molecule has 7 heteroatoms. The highest BCUT2D eigenvalue weighted by molar-refractivity contribution is 7.14. The molecule has 2 aromatic carbocycles. The van der Waals surface area contributed by atoms with E-state index in [0.29, 0.717) is 22.7 Å². The van der Waals surface area contributed by atoms with Gasteiger partial charge in [-0.25, -0.2) is 9.37 Å². The topological polar surface area (TPSA) is 85.1 Å². The average Bonchev–Trinajstić information content (AvgIpc) is 2.98. The lowest BCUT2D eigenvalue weighted by atomic mass is 10.1. The molecule has 27 heavy (non-hydrogen) atoms. The Hall–Kier alpha value is -3.06. The van der Waals surface area contributed by atoms with E-state index in [-0.39, 0.29) is 18.1 Å². The fourth-order valence-corrected chi connectivity index (χ4v) is 3.60. The van der Waals surface area contributed by atoms with Crippen molar-refractivity contribution in [2.24, 2.45) is 5.73 Å².